The van der Waals surface area contributed by atoms with Gasteiger partial charge in [0.05, 0.1) is 13.2 Å². The van der Waals surface area contributed by atoms with E-state index in [2.05, 4.69) is 73.0 Å². The lowest BCUT2D eigenvalue weighted by Gasteiger charge is -2.14. The average molecular weight is 385 g/mol. The van der Waals surface area contributed by atoms with E-state index in [0.717, 1.165) is 65.4 Å². The lowest BCUT2D eigenvalue weighted by molar-refractivity contribution is 0.136. The number of rotatable bonds is 15. The Hall–Kier alpha value is -1.72. The first kappa shape index (κ1) is 22.6. The monoisotopic (exact) mass is 384 g/mol. The Morgan fingerprint density at radius 3 is 2.00 bits per heavy atom. The topological polar surface area (TPSA) is 42.5 Å². The van der Waals surface area contributed by atoms with E-state index in [9.17, 15) is 0 Å². The second kappa shape index (κ2) is 14.3. The Balaban J connectivity index is 1.94. The average Bonchev–Trinajstić information content (AvgIpc) is 2.74. The van der Waals surface area contributed by atoms with Gasteiger partial charge in [-0.1, -0.05) is 62.4 Å². The molecule has 2 aromatic rings. The summed E-state index contributed by atoms with van der Waals surface area (Å²) in [6.45, 7) is 10.9. The van der Waals surface area contributed by atoms with Crippen LogP contribution in [0.15, 0.2) is 48.5 Å². The maximum Gasteiger partial charge on any atom is 0.0591 e. The minimum atomic E-state index is 0.757. The van der Waals surface area contributed by atoms with Crippen molar-refractivity contribution in [2.75, 3.05) is 39.5 Å². The molecule has 0 atom stereocenters. The number of benzene rings is 2. The molecule has 0 fully saturated rings. The van der Waals surface area contributed by atoms with Crippen LogP contribution in [-0.4, -0.2) is 39.5 Å². The van der Waals surface area contributed by atoms with Gasteiger partial charge in [0.15, 0.2) is 0 Å². The summed E-state index contributed by atoms with van der Waals surface area (Å²) in [5.41, 5.74) is 5.17. The van der Waals surface area contributed by atoms with E-state index >= 15 is 0 Å². The molecule has 0 spiro atoms. The van der Waals surface area contributed by atoms with Gasteiger partial charge in [0.25, 0.3) is 0 Å². The molecular weight excluding hydrogens is 348 g/mol. The third-order valence-corrected chi connectivity index (χ3v) is 4.44. The van der Waals surface area contributed by atoms with Crippen LogP contribution in [0.4, 0.5) is 0 Å². The highest BCUT2D eigenvalue weighted by Gasteiger charge is 2.06. The fourth-order valence-electron chi connectivity index (χ4n) is 3.04. The third kappa shape index (κ3) is 8.53. The molecule has 0 bridgehead atoms. The van der Waals surface area contributed by atoms with Gasteiger partial charge in [-0.25, -0.2) is 0 Å². The van der Waals surface area contributed by atoms with Crippen molar-refractivity contribution in [1.82, 2.24) is 10.6 Å². The highest BCUT2D eigenvalue weighted by molar-refractivity contribution is 5.67. The second-order valence-electron chi connectivity index (χ2n) is 6.94. The van der Waals surface area contributed by atoms with Crippen LogP contribution in [0.3, 0.4) is 0 Å². The van der Waals surface area contributed by atoms with Crippen LogP contribution in [0.5, 0.6) is 0 Å². The number of nitrogens with one attached hydrogen (secondary N) is 2. The minimum Gasteiger partial charge on any atom is -0.380 e. The standard InChI is InChI=1S/C24H36N2O2/c1-3-14-27-16-12-25-19-21-10-11-24(22-8-6-5-7-9-22)23(18-21)20-26-13-17-28-15-4-2/h5-11,18,25-26H,3-4,12-17,19-20H2,1-2H3. The predicted molar refractivity (Wildman–Crippen MR) is 118 cm³/mol. The molecule has 0 aliphatic heterocycles. The normalized spacial score (nSPS) is 11.1. The molecule has 0 amide bonds. The molecule has 2 aromatic carbocycles. The lowest BCUT2D eigenvalue weighted by Crippen LogP contribution is -2.21. The molecule has 0 saturated carbocycles. The van der Waals surface area contributed by atoms with Crippen molar-refractivity contribution < 1.29 is 9.47 Å². The van der Waals surface area contributed by atoms with Crippen molar-refractivity contribution in [2.45, 2.75) is 39.8 Å². The van der Waals surface area contributed by atoms with Gasteiger partial charge in [-0.3, -0.25) is 0 Å². The van der Waals surface area contributed by atoms with Crippen LogP contribution in [0.25, 0.3) is 11.1 Å². The number of ether oxygens (including phenoxy) is 2. The molecule has 0 aliphatic carbocycles. The quantitative estimate of drug-likeness (QED) is 0.447. The molecule has 2 rings (SSSR count). The molecule has 0 aromatic heterocycles. The third-order valence-electron chi connectivity index (χ3n) is 4.44. The van der Waals surface area contributed by atoms with Gasteiger partial charge in [0, 0.05) is 39.4 Å². The smallest absolute Gasteiger partial charge is 0.0591 e. The summed E-state index contributed by atoms with van der Waals surface area (Å²) in [6, 6.07) is 17.4. The summed E-state index contributed by atoms with van der Waals surface area (Å²) in [5.74, 6) is 0. The van der Waals surface area contributed by atoms with Crippen molar-refractivity contribution in [3.8, 4) is 11.1 Å². The summed E-state index contributed by atoms with van der Waals surface area (Å²) in [5, 5.41) is 7.00. The highest BCUT2D eigenvalue weighted by Crippen LogP contribution is 2.24. The fraction of sp³-hybridized carbons (Fsp3) is 0.500. The SMILES string of the molecule is CCCOCCNCc1ccc(-c2ccccc2)c(CNCCOCCC)c1. The minimum absolute atomic E-state index is 0.757. The summed E-state index contributed by atoms with van der Waals surface area (Å²) in [4.78, 5) is 0. The van der Waals surface area contributed by atoms with Crippen molar-refractivity contribution >= 4 is 0 Å². The van der Waals surface area contributed by atoms with E-state index in [1.54, 1.807) is 0 Å². The van der Waals surface area contributed by atoms with Crippen LogP contribution in [0.1, 0.15) is 37.8 Å². The highest BCUT2D eigenvalue weighted by atomic mass is 16.5. The molecular formula is C24H36N2O2. The predicted octanol–water partition coefficient (Wildman–Crippen LogP) is 4.39. The van der Waals surface area contributed by atoms with Crippen molar-refractivity contribution in [3.05, 3.63) is 59.7 Å². The number of hydrogen-bond donors (Lipinski definition) is 2. The van der Waals surface area contributed by atoms with Gasteiger partial charge in [-0.15, -0.1) is 0 Å². The van der Waals surface area contributed by atoms with Gasteiger partial charge in [0.2, 0.25) is 0 Å². The van der Waals surface area contributed by atoms with Crippen LogP contribution in [0.2, 0.25) is 0 Å². The first-order valence-corrected chi connectivity index (χ1v) is 10.6. The molecule has 154 valence electrons. The largest absolute Gasteiger partial charge is 0.380 e. The van der Waals surface area contributed by atoms with E-state index in [1.165, 1.54) is 22.3 Å². The van der Waals surface area contributed by atoms with Crippen LogP contribution in [0, 0.1) is 0 Å². The summed E-state index contributed by atoms with van der Waals surface area (Å²) >= 11 is 0. The Labute approximate surface area is 170 Å². The molecule has 2 N–H and O–H groups in total. The van der Waals surface area contributed by atoms with Crippen molar-refractivity contribution in [1.29, 1.82) is 0 Å². The van der Waals surface area contributed by atoms with Gasteiger partial charge >= 0.3 is 0 Å². The first-order valence-electron chi connectivity index (χ1n) is 10.6. The van der Waals surface area contributed by atoms with Crippen LogP contribution in [-0.2, 0) is 22.6 Å². The van der Waals surface area contributed by atoms with Gasteiger partial charge < -0.3 is 20.1 Å². The first-order chi connectivity index (χ1) is 13.8. The summed E-state index contributed by atoms with van der Waals surface area (Å²) in [7, 11) is 0. The fourth-order valence-corrected chi connectivity index (χ4v) is 3.04. The van der Waals surface area contributed by atoms with E-state index in [-0.39, 0.29) is 0 Å². The van der Waals surface area contributed by atoms with Crippen molar-refractivity contribution in [2.24, 2.45) is 0 Å². The summed E-state index contributed by atoms with van der Waals surface area (Å²) < 4.78 is 11.1. The van der Waals surface area contributed by atoms with Gasteiger partial charge in [-0.05, 0) is 35.1 Å². The zero-order valence-electron chi connectivity index (χ0n) is 17.5. The zero-order chi connectivity index (χ0) is 19.9. The zero-order valence-corrected chi connectivity index (χ0v) is 17.5. The Kier molecular flexibility index (Phi) is 11.5. The Morgan fingerprint density at radius 1 is 0.714 bits per heavy atom. The molecule has 0 saturated heterocycles. The van der Waals surface area contributed by atoms with E-state index in [0.29, 0.717) is 0 Å². The van der Waals surface area contributed by atoms with Crippen LogP contribution < -0.4 is 10.6 Å². The number of hydrogen-bond acceptors (Lipinski definition) is 4. The van der Waals surface area contributed by atoms with Crippen LogP contribution >= 0.6 is 0 Å². The second-order valence-corrected chi connectivity index (χ2v) is 6.94. The van der Waals surface area contributed by atoms with Gasteiger partial charge in [0.1, 0.15) is 0 Å². The van der Waals surface area contributed by atoms with E-state index < -0.39 is 0 Å². The molecule has 4 nitrogen and oxygen atoms in total. The molecule has 28 heavy (non-hydrogen) atoms. The van der Waals surface area contributed by atoms with Gasteiger partial charge in [-0.2, -0.15) is 0 Å². The summed E-state index contributed by atoms with van der Waals surface area (Å²) in [6.07, 6.45) is 2.14. The molecule has 0 heterocycles. The maximum absolute atomic E-state index is 5.57. The molecule has 0 radical (unpaired) electrons. The van der Waals surface area contributed by atoms with E-state index in [4.69, 9.17) is 9.47 Å². The Bertz CT molecular complexity index is 646. The van der Waals surface area contributed by atoms with Crippen molar-refractivity contribution in [3.63, 3.8) is 0 Å². The lowest BCUT2D eigenvalue weighted by atomic mass is 9.97. The van der Waals surface area contributed by atoms with E-state index in [1.807, 2.05) is 0 Å². The Morgan fingerprint density at radius 2 is 1.36 bits per heavy atom. The molecule has 0 unspecified atom stereocenters. The maximum atomic E-state index is 5.57. The molecule has 0 aliphatic rings. The molecule has 4 heteroatoms.